The van der Waals surface area contributed by atoms with Gasteiger partial charge >= 0.3 is 15.6 Å². The Bertz CT molecular complexity index is 1350. The SMILES string of the molecule is CCc1c(COP(=O)(O)O)cc(C(C)(C)C)c(O)c1C(C)(C)C.CCc1c(COP(=O)(O)O)cc(C(C)(C)C)c(O)c1C(C)(C)C.[Ni]. The molecule has 0 amide bonds. The molecule has 0 aliphatic carbocycles. The maximum absolute atomic E-state index is 11.1. The van der Waals surface area contributed by atoms with Gasteiger partial charge in [-0.3, -0.25) is 9.05 Å². The van der Waals surface area contributed by atoms with Crippen molar-refractivity contribution in [2.45, 2.75) is 145 Å². The van der Waals surface area contributed by atoms with Gasteiger partial charge in [-0.1, -0.05) is 96.9 Å². The van der Waals surface area contributed by atoms with Crippen molar-refractivity contribution in [1.82, 2.24) is 0 Å². The zero-order valence-electron chi connectivity index (χ0n) is 30.5. The molecule has 0 aliphatic rings. The summed E-state index contributed by atoms with van der Waals surface area (Å²) < 4.78 is 31.6. The number of rotatable bonds is 8. The molecule has 0 saturated heterocycles. The zero-order valence-corrected chi connectivity index (χ0v) is 33.3. The third-order valence-electron chi connectivity index (χ3n) is 7.60. The van der Waals surface area contributed by atoms with E-state index >= 15 is 0 Å². The van der Waals surface area contributed by atoms with E-state index < -0.39 is 15.6 Å². The van der Waals surface area contributed by atoms with Gasteiger partial charge in [0.2, 0.25) is 0 Å². The Morgan fingerprint density at radius 2 is 0.809 bits per heavy atom. The monoisotopic (exact) mass is 746 g/mol. The molecule has 2 aromatic carbocycles. The second-order valence-corrected chi connectivity index (χ2v) is 18.3. The summed E-state index contributed by atoms with van der Waals surface area (Å²) >= 11 is 0. The molecular formula is C34H58NiO10P2. The van der Waals surface area contributed by atoms with E-state index in [4.69, 9.17) is 28.6 Å². The molecule has 2 rings (SSSR count). The first kappa shape index (κ1) is 45.8. The van der Waals surface area contributed by atoms with Crippen molar-refractivity contribution in [3.8, 4) is 11.5 Å². The van der Waals surface area contributed by atoms with E-state index in [1.807, 2.05) is 96.9 Å². The van der Waals surface area contributed by atoms with Gasteiger partial charge in [0.1, 0.15) is 11.5 Å². The minimum Gasteiger partial charge on any atom is -0.507 e. The first-order chi connectivity index (χ1) is 20.4. The fourth-order valence-electron chi connectivity index (χ4n) is 5.67. The first-order valence-electron chi connectivity index (χ1n) is 15.5. The summed E-state index contributed by atoms with van der Waals surface area (Å²) in [5.41, 5.74) is 5.14. The normalized spacial score (nSPS) is 13.1. The van der Waals surface area contributed by atoms with Gasteiger partial charge in [0, 0.05) is 27.6 Å². The van der Waals surface area contributed by atoms with Crippen molar-refractivity contribution in [3.05, 3.63) is 56.6 Å². The fourth-order valence-corrected chi connectivity index (χ4v) is 6.28. The Kier molecular flexibility index (Phi) is 15.8. The minimum absolute atomic E-state index is 0. The smallest absolute Gasteiger partial charge is 0.469 e. The second-order valence-electron chi connectivity index (χ2n) is 15.8. The predicted molar refractivity (Wildman–Crippen MR) is 183 cm³/mol. The molecule has 0 fully saturated rings. The van der Waals surface area contributed by atoms with Gasteiger partial charge in [-0.15, -0.1) is 0 Å². The van der Waals surface area contributed by atoms with Crippen LogP contribution in [0.3, 0.4) is 0 Å². The molecule has 274 valence electrons. The van der Waals surface area contributed by atoms with Crippen LogP contribution in [0.4, 0.5) is 0 Å². The van der Waals surface area contributed by atoms with Gasteiger partial charge in [-0.25, -0.2) is 9.13 Å². The predicted octanol–water partition coefficient (Wildman–Crippen LogP) is 8.32. The Balaban J connectivity index is 0.000000882. The number of benzene rings is 2. The third-order valence-corrected chi connectivity index (χ3v) is 8.53. The summed E-state index contributed by atoms with van der Waals surface area (Å²) in [5, 5.41) is 21.7. The average Bonchev–Trinajstić information content (AvgIpc) is 2.82. The Labute approximate surface area is 292 Å². The average molecular weight is 747 g/mol. The van der Waals surface area contributed by atoms with E-state index in [0.29, 0.717) is 24.0 Å². The van der Waals surface area contributed by atoms with Crippen LogP contribution in [0.1, 0.15) is 141 Å². The fraction of sp³-hybridized carbons (Fsp3) is 0.647. The summed E-state index contributed by atoms with van der Waals surface area (Å²) in [7, 11) is -9.09. The summed E-state index contributed by atoms with van der Waals surface area (Å²) in [4.78, 5) is 36.0. The number of phosphoric acid groups is 2. The van der Waals surface area contributed by atoms with Gasteiger partial charge in [0.25, 0.3) is 0 Å². The maximum Gasteiger partial charge on any atom is 0.469 e. The molecule has 6 N–H and O–H groups in total. The first-order valence-corrected chi connectivity index (χ1v) is 18.6. The van der Waals surface area contributed by atoms with E-state index in [-0.39, 0.29) is 62.9 Å². The Hall–Kier alpha value is -1.25. The number of hydrogen-bond donors (Lipinski definition) is 6. The molecule has 0 atom stereocenters. The van der Waals surface area contributed by atoms with Gasteiger partial charge in [-0.05, 0) is 80.0 Å². The molecular weight excluding hydrogens is 689 g/mol. The van der Waals surface area contributed by atoms with E-state index in [1.165, 1.54) is 0 Å². The molecule has 0 spiro atoms. The Morgan fingerprint density at radius 3 is 0.979 bits per heavy atom. The maximum atomic E-state index is 11.1. The van der Waals surface area contributed by atoms with Crippen LogP contribution in [-0.4, -0.2) is 29.8 Å². The molecule has 0 aromatic heterocycles. The topological polar surface area (TPSA) is 174 Å². The molecule has 47 heavy (non-hydrogen) atoms. The summed E-state index contributed by atoms with van der Waals surface area (Å²) in [6, 6.07) is 3.61. The standard InChI is InChI=1S/2C17H29O5P.Ni/c2*1-8-12-11(10-22-23(19,20)21)9-13(16(2,3)4)15(18)14(12)17(5,6)7;/h2*9,18H,8,10H2,1-7H3,(H2,19,20,21);. The number of phenols is 2. The molecule has 0 unspecified atom stereocenters. The van der Waals surface area contributed by atoms with E-state index in [1.54, 1.807) is 12.1 Å². The van der Waals surface area contributed by atoms with Crippen LogP contribution in [0, 0.1) is 0 Å². The van der Waals surface area contributed by atoms with Gasteiger partial charge in [0.05, 0.1) is 13.2 Å². The van der Waals surface area contributed by atoms with Crippen molar-refractivity contribution >= 4 is 15.6 Å². The van der Waals surface area contributed by atoms with Crippen molar-refractivity contribution < 1.29 is 64.5 Å². The van der Waals surface area contributed by atoms with Crippen LogP contribution >= 0.6 is 15.6 Å². The number of phenolic OH excluding ortho intramolecular Hbond substituents is 2. The van der Waals surface area contributed by atoms with Gasteiger partial charge < -0.3 is 29.8 Å². The van der Waals surface area contributed by atoms with Crippen LogP contribution < -0.4 is 0 Å². The summed E-state index contributed by atoms with van der Waals surface area (Å²) in [5.74, 6) is 0.531. The quantitative estimate of drug-likeness (QED) is 0.114. The van der Waals surface area contributed by atoms with Gasteiger partial charge in [-0.2, -0.15) is 0 Å². The van der Waals surface area contributed by atoms with Crippen LogP contribution in [-0.2, 0) is 82.4 Å². The number of aromatic hydroxyl groups is 2. The van der Waals surface area contributed by atoms with Crippen molar-refractivity contribution in [2.75, 3.05) is 0 Å². The second kappa shape index (κ2) is 16.2. The van der Waals surface area contributed by atoms with E-state index in [9.17, 15) is 19.3 Å². The molecule has 13 heteroatoms. The minimum atomic E-state index is -4.55. The van der Waals surface area contributed by atoms with Crippen LogP contribution in [0.15, 0.2) is 12.1 Å². The van der Waals surface area contributed by atoms with E-state index in [0.717, 1.165) is 33.4 Å². The number of hydrogen-bond acceptors (Lipinski definition) is 6. The molecule has 0 saturated carbocycles. The van der Waals surface area contributed by atoms with Crippen molar-refractivity contribution in [3.63, 3.8) is 0 Å². The zero-order chi connectivity index (χ0) is 36.4. The summed E-state index contributed by atoms with van der Waals surface area (Å²) in [6.07, 6.45) is 1.29. The van der Waals surface area contributed by atoms with Crippen LogP contribution in [0.25, 0.3) is 0 Å². The number of phosphoric ester groups is 2. The molecule has 0 radical (unpaired) electrons. The van der Waals surface area contributed by atoms with Crippen molar-refractivity contribution in [2.24, 2.45) is 0 Å². The Morgan fingerprint density at radius 1 is 0.553 bits per heavy atom. The molecule has 10 nitrogen and oxygen atoms in total. The van der Waals surface area contributed by atoms with E-state index in [2.05, 4.69) is 0 Å². The summed E-state index contributed by atoms with van der Waals surface area (Å²) in [6.45, 7) is 27.6. The largest absolute Gasteiger partial charge is 0.507 e. The van der Waals surface area contributed by atoms with Crippen LogP contribution in [0.2, 0.25) is 0 Å². The molecule has 0 heterocycles. The molecule has 0 aliphatic heterocycles. The van der Waals surface area contributed by atoms with Crippen LogP contribution in [0.5, 0.6) is 11.5 Å². The molecule has 2 aromatic rings. The van der Waals surface area contributed by atoms with Crippen molar-refractivity contribution in [1.29, 1.82) is 0 Å². The van der Waals surface area contributed by atoms with Gasteiger partial charge in [0.15, 0.2) is 0 Å². The third kappa shape index (κ3) is 13.2. The molecule has 0 bridgehead atoms.